The van der Waals surface area contributed by atoms with E-state index in [1.165, 1.54) is 6.08 Å². The van der Waals surface area contributed by atoms with Crippen LogP contribution in [0.15, 0.2) is 72.8 Å². The second kappa shape index (κ2) is 6.59. The molecule has 0 atom stereocenters. The minimum Gasteiger partial charge on any atom is -0.321 e. The molecule has 0 saturated heterocycles. The van der Waals surface area contributed by atoms with Crippen LogP contribution >= 0.6 is 0 Å². The number of nitriles is 1. The Morgan fingerprint density at radius 2 is 1.70 bits per heavy atom. The summed E-state index contributed by atoms with van der Waals surface area (Å²) in [5.41, 5.74) is 1.94. The Morgan fingerprint density at radius 1 is 0.957 bits per heavy atom. The van der Waals surface area contributed by atoms with Gasteiger partial charge in [0.15, 0.2) is 0 Å². The summed E-state index contributed by atoms with van der Waals surface area (Å²) < 4.78 is 0. The van der Waals surface area contributed by atoms with Crippen molar-refractivity contribution in [3.8, 4) is 6.07 Å². The summed E-state index contributed by atoms with van der Waals surface area (Å²) in [4.78, 5) is 12.1. The molecular weight excluding hydrogens is 284 g/mol. The summed E-state index contributed by atoms with van der Waals surface area (Å²) in [6.45, 7) is 0. The molecule has 110 valence electrons. The van der Waals surface area contributed by atoms with Gasteiger partial charge in [-0.05, 0) is 34.5 Å². The summed E-state index contributed by atoms with van der Waals surface area (Å²) in [6, 6.07) is 23.0. The molecule has 3 nitrogen and oxygen atoms in total. The zero-order valence-electron chi connectivity index (χ0n) is 12.4. The Balaban J connectivity index is 1.82. The zero-order chi connectivity index (χ0) is 16.1. The average molecular weight is 298 g/mol. The lowest BCUT2D eigenvalue weighted by atomic mass is 10.0. The van der Waals surface area contributed by atoms with Crippen molar-refractivity contribution in [2.75, 3.05) is 5.32 Å². The number of para-hydroxylation sites is 1. The van der Waals surface area contributed by atoms with E-state index in [4.69, 9.17) is 5.26 Å². The third-order valence-corrected chi connectivity index (χ3v) is 3.54. The van der Waals surface area contributed by atoms with E-state index >= 15 is 0 Å². The van der Waals surface area contributed by atoms with Crippen LogP contribution in [-0.2, 0) is 4.79 Å². The Hall–Kier alpha value is -3.38. The summed E-state index contributed by atoms with van der Waals surface area (Å²) in [7, 11) is 0. The fraction of sp³-hybridized carbons (Fsp3) is 0. The predicted molar refractivity (Wildman–Crippen MR) is 92.8 cm³/mol. The highest BCUT2D eigenvalue weighted by Crippen LogP contribution is 2.20. The minimum absolute atomic E-state index is 0.263. The van der Waals surface area contributed by atoms with Gasteiger partial charge < -0.3 is 5.32 Å². The van der Waals surface area contributed by atoms with E-state index in [9.17, 15) is 4.79 Å². The number of rotatable bonds is 3. The number of benzene rings is 3. The van der Waals surface area contributed by atoms with Crippen LogP contribution in [0.3, 0.4) is 0 Å². The van der Waals surface area contributed by atoms with E-state index in [0.29, 0.717) is 11.3 Å². The monoisotopic (exact) mass is 298 g/mol. The molecule has 0 saturated carbocycles. The van der Waals surface area contributed by atoms with Crippen molar-refractivity contribution in [2.24, 2.45) is 0 Å². The van der Waals surface area contributed by atoms with Crippen molar-refractivity contribution in [1.29, 1.82) is 5.26 Å². The molecule has 0 aliphatic carbocycles. The molecule has 0 aliphatic rings. The van der Waals surface area contributed by atoms with Gasteiger partial charge in [-0.2, -0.15) is 5.26 Å². The van der Waals surface area contributed by atoms with Crippen LogP contribution in [-0.4, -0.2) is 5.91 Å². The van der Waals surface area contributed by atoms with Crippen LogP contribution in [0.25, 0.3) is 16.8 Å². The van der Waals surface area contributed by atoms with E-state index in [-0.39, 0.29) is 5.91 Å². The second-order valence-corrected chi connectivity index (χ2v) is 5.05. The molecule has 3 aromatic carbocycles. The molecular formula is C20H14N2O. The lowest BCUT2D eigenvalue weighted by Crippen LogP contribution is -2.08. The maximum Gasteiger partial charge on any atom is 0.248 e. The molecule has 3 heteroatoms. The maximum atomic E-state index is 12.1. The van der Waals surface area contributed by atoms with Gasteiger partial charge in [0.05, 0.1) is 11.3 Å². The lowest BCUT2D eigenvalue weighted by Gasteiger charge is -2.04. The van der Waals surface area contributed by atoms with Gasteiger partial charge in [-0.3, -0.25) is 4.79 Å². The number of amides is 1. The van der Waals surface area contributed by atoms with Gasteiger partial charge in [-0.1, -0.05) is 54.6 Å². The van der Waals surface area contributed by atoms with Gasteiger partial charge >= 0.3 is 0 Å². The Kier molecular flexibility index (Phi) is 4.17. The zero-order valence-corrected chi connectivity index (χ0v) is 12.4. The second-order valence-electron chi connectivity index (χ2n) is 5.05. The van der Waals surface area contributed by atoms with Gasteiger partial charge in [0.1, 0.15) is 6.07 Å². The lowest BCUT2D eigenvalue weighted by molar-refractivity contribution is -0.111. The minimum atomic E-state index is -0.263. The fourth-order valence-electron chi connectivity index (χ4n) is 2.43. The highest BCUT2D eigenvalue weighted by molar-refractivity contribution is 6.04. The number of hydrogen-bond donors (Lipinski definition) is 1. The van der Waals surface area contributed by atoms with Gasteiger partial charge in [-0.15, -0.1) is 0 Å². The first-order chi connectivity index (χ1) is 11.3. The summed E-state index contributed by atoms with van der Waals surface area (Å²) in [5.74, 6) is -0.263. The van der Waals surface area contributed by atoms with Gasteiger partial charge in [0.2, 0.25) is 5.91 Å². The van der Waals surface area contributed by atoms with E-state index in [2.05, 4.69) is 11.4 Å². The Bertz CT molecular complexity index is 930. The third kappa shape index (κ3) is 3.28. The molecule has 3 aromatic rings. The molecule has 0 aliphatic heterocycles. The summed E-state index contributed by atoms with van der Waals surface area (Å²) in [6.07, 6.45) is 3.27. The highest BCUT2D eigenvalue weighted by Gasteiger charge is 2.03. The third-order valence-electron chi connectivity index (χ3n) is 3.54. The standard InChI is InChI=1S/C20H14N2O/c21-14-17-7-2-4-11-19(17)22-20(23)13-12-16-9-5-8-15-6-1-3-10-18(15)16/h1-13H,(H,22,23). The van der Waals surface area contributed by atoms with Crippen LogP contribution in [0, 0.1) is 11.3 Å². The van der Waals surface area contributed by atoms with Crippen molar-refractivity contribution < 1.29 is 4.79 Å². The first-order valence-electron chi connectivity index (χ1n) is 7.24. The van der Waals surface area contributed by atoms with Crippen molar-refractivity contribution >= 4 is 28.4 Å². The molecule has 23 heavy (non-hydrogen) atoms. The van der Waals surface area contributed by atoms with E-state index in [0.717, 1.165) is 16.3 Å². The molecule has 0 radical (unpaired) electrons. The summed E-state index contributed by atoms with van der Waals surface area (Å²) in [5, 5.41) is 14.0. The molecule has 3 rings (SSSR count). The van der Waals surface area contributed by atoms with Crippen molar-refractivity contribution in [1.82, 2.24) is 0 Å². The number of carbonyl (C=O) groups is 1. The first-order valence-corrected chi connectivity index (χ1v) is 7.24. The van der Waals surface area contributed by atoms with Crippen molar-refractivity contribution in [3.63, 3.8) is 0 Å². The van der Waals surface area contributed by atoms with Gasteiger partial charge in [0, 0.05) is 6.08 Å². The van der Waals surface area contributed by atoms with Crippen LogP contribution in [0.2, 0.25) is 0 Å². The Labute approximate surface area is 134 Å². The quantitative estimate of drug-likeness (QED) is 0.730. The molecule has 0 spiro atoms. The largest absolute Gasteiger partial charge is 0.321 e. The van der Waals surface area contributed by atoms with E-state index in [1.54, 1.807) is 30.3 Å². The van der Waals surface area contributed by atoms with Crippen molar-refractivity contribution in [2.45, 2.75) is 0 Å². The fourth-order valence-corrected chi connectivity index (χ4v) is 2.43. The number of carbonyl (C=O) groups excluding carboxylic acids is 1. The van der Waals surface area contributed by atoms with Gasteiger partial charge in [0.25, 0.3) is 0 Å². The molecule has 0 bridgehead atoms. The number of nitrogens with zero attached hydrogens (tertiary/aromatic N) is 1. The maximum absolute atomic E-state index is 12.1. The Morgan fingerprint density at radius 3 is 2.57 bits per heavy atom. The molecule has 1 amide bonds. The molecule has 0 unspecified atom stereocenters. The molecule has 0 aromatic heterocycles. The van der Waals surface area contributed by atoms with E-state index in [1.807, 2.05) is 42.5 Å². The smallest absolute Gasteiger partial charge is 0.248 e. The summed E-state index contributed by atoms with van der Waals surface area (Å²) >= 11 is 0. The van der Waals surface area contributed by atoms with Crippen LogP contribution in [0.5, 0.6) is 0 Å². The number of hydrogen-bond acceptors (Lipinski definition) is 2. The number of nitrogens with one attached hydrogen (secondary N) is 1. The van der Waals surface area contributed by atoms with Gasteiger partial charge in [-0.25, -0.2) is 0 Å². The normalized spacial score (nSPS) is 10.6. The van der Waals surface area contributed by atoms with Crippen LogP contribution in [0.1, 0.15) is 11.1 Å². The van der Waals surface area contributed by atoms with Crippen molar-refractivity contribution in [3.05, 3.63) is 83.9 Å². The first kappa shape index (κ1) is 14.6. The van der Waals surface area contributed by atoms with Crippen LogP contribution < -0.4 is 5.32 Å². The van der Waals surface area contributed by atoms with Crippen LogP contribution in [0.4, 0.5) is 5.69 Å². The highest BCUT2D eigenvalue weighted by atomic mass is 16.1. The average Bonchev–Trinajstić information content (AvgIpc) is 2.60. The predicted octanol–water partition coefficient (Wildman–Crippen LogP) is 4.36. The number of fused-ring (bicyclic) bond motifs is 1. The SMILES string of the molecule is N#Cc1ccccc1NC(=O)C=Cc1cccc2ccccc12. The molecule has 1 N–H and O–H groups in total. The molecule has 0 heterocycles. The number of anilines is 1. The molecule has 0 fully saturated rings. The van der Waals surface area contributed by atoms with E-state index < -0.39 is 0 Å². The topological polar surface area (TPSA) is 52.9 Å².